The maximum absolute atomic E-state index is 11.4. The van der Waals surface area contributed by atoms with Crippen LogP contribution in [0.3, 0.4) is 0 Å². The van der Waals surface area contributed by atoms with Crippen molar-refractivity contribution in [3.05, 3.63) is 81.0 Å². The molecule has 0 amide bonds. The summed E-state index contributed by atoms with van der Waals surface area (Å²) in [4.78, 5) is 27.4. The van der Waals surface area contributed by atoms with Gasteiger partial charge in [0.2, 0.25) is 0 Å². The summed E-state index contributed by atoms with van der Waals surface area (Å²) in [7, 11) is 0. The van der Waals surface area contributed by atoms with Crippen molar-refractivity contribution in [1.29, 1.82) is 0 Å². The third-order valence-electron chi connectivity index (χ3n) is 4.05. The number of benzene rings is 2. The van der Waals surface area contributed by atoms with Gasteiger partial charge in [-0.3, -0.25) is 14.8 Å². The molecular formula is C21H23N3O4. The lowest BCUT2D eigenvalue weighted by Gasteiger charge is -2.12. The maximum Gasteiger partial charge on any atom is 0.327 e. The van der Waals surface area contributed by atoms with Crippen LogP contribution >= 0.6 is 0 Å². The number of unbranched alkanes of at least 4 members (excludes halogenated alkanes) is 1. The first-order chi connectivity index (χ1) is 13.6. The molecule has 0 unspecified atom stereocenters. The van der Waals surface area contributed by atoms with Gasteiger partial charge in [0.05, 0.1) is 13.2 Å². The minimum Gasteiger partial charge on any atom is -0.494 e. The molecule has 0 spiro atoms. The molecule has 0 bridgehead atoms. The lowest BCUT2D eigenvalue weighted by Crippen LogP contribution is -2.22. The van der Waals surface area contributed by atoms with E-state index in [1.54, 1.807) is 0 Å². The smallest absolute Gasteiger partial charge is 0.327 e. The lowest BCUT2D eigenvalue weighted by molar-refractivity contribution is 0.266. The van der Waals surface area contributed by atoms with Gasteiger partial charge in [0, 0.05) is 11.8 Å². The fraction of sp³-hybridized carbons (Fsp3) is 0.238. The van der Waals surface area contributed by atoms with Crippen molar-refractivity contribution >= 4 is 11.5 Å². The van der Waals surface area contributed by atoms with Crippen LogP contribution in [-0.4, -0.2) is 23.2 Å². The van der Waals surface area contributed by atoms with Gasteiger partial charge in [-0.2, -0.15) is 0 Å². The third kappa shape index (κ3) is 5.77. The molecule has 7 nitrogen and oxygen atoms in total. The molecule has 0 aliphatic heterocycles. The van der Waals surface area contributed by atoms with Gasteiger partial charge in [0.25, 0.3) is 5.56 Å². The van der Waals surface area contributed by atoms with Gasteiger partial charge in [-0.1, -0.05) is 18.2 Å². The Bertz CT molecular complexity index is 984. The number of aromatic amines is 2. The molecule has 1 heterocycles. The van der Waals surface area contributed by atoms with Crippen LogP contribution in [0.4, 0.5) is 11.5 Å². The maximum atomic E-state index is 11.4. The number of anilines is 2. The number of aromatic nitrogens is 2. The monoisotopic (exact) mass is 381 g/mol. The van der Waals surface area contributed by atoms with Gasteiger partial charge in [-0.15, -0.1) is 0 Å². The molecule has 0 saturated heterocycles. The van der Waals surface area contributed by atoms with E-state index in [2.05, 4.69) is 15.3 Å². The van der Waals surface area contributed by atoms with E-state index in [0.717, 1.165) is 35.6 Å². The number of aryl methyl sites for hydroxylation is 1. The van der Waals surface area contributed by atoms with Crippen LogP contribution in [0.1, 0.15) is 18.4 Å². The fourth-order valence-electron chi connectivity index (χ4n) is 2.65. The molecule has 0 radical (unpaired) electrons. The summed E-state index contributed by atoms with van der Waals surface area (Å²) in [5.74, 6) is 1.99. The van der Waals surface area contributed by atoms with Gasteiger partial charge in [0.1, 0.15) is 17.3 Å². The number of ether oxygens (including phenoxy) is 2. The predicted octanol–water partition coefficient (Wildman–Crippen LogP) is 3.35. The summed E-state index contributed by atoms with van der Waals surface area (Å²) in [6, 6.07) is 16.6. The van der Waals surface area contributed by atoms with Crippen LogP contribution in [0.5, 0.6) is 11.5 Å². The van der Waals surface area contributed by atoms with E-state index in [1.165, 1.54) is 6.07 Å². The summed E-state index contributed by atoms with van der Waals surface area (Å²) in [6.07, 6.45) is 1.79. The Labute approximate surface area is 162 Å². The molecule has 28 heavy (non-hydrogen) atoms. The van der Waals surface area contributed by atoms with Crippen molar-refractivity contribution in [3.63, 3.8) is 0 Å². The van der Waals surface area contributed by atoms with Crippen LogP contribution in [-0.2, 0) is 0 Å². The Morgan fingerprint density at radius 3 is 2.25 bits per heavy atom. The number of H-pyrrole nitrogens is 2. The number of hydrogen-bond acceptors (Lipinski definition) is 5. The second-order valence-electron chi connectivity index (χ2n) is 6.32. The molecule has 146 valence electrons. The van der Waals surface area contributed by atoms with Crippen molar-refractivity contribution in [2.75, 3.05) is 18.5 Å². The zero-order valence-corrected chi connectivity index (χ0v) is 15.7. The Hall–Kier alpha value is -3.48. The van der Waals surface area contributed by atoms with Crippen LogP contribution in [0, 0.1) is 6.92 Å². The molecule has 3 aromatic rings. The summed E-state index contributed by atoms with van der Waals surface area (Å²) in [6.45, 7) is 3.18. The molecule has 3 N–H and O–H groups in total. The summed E-state index contributed by atoms with van der Waals surface area (Å²) >= 11 is 0. The van der Waals surface area contributed by atoms with E-state index in [-0.39, 0.29) is 0 Å². The van der Waals surface area contributed by atoms with Gasteiger partial charge in [-0.05, 0) is 55.7 Å². The Morgan fingerprint density at radius 1 is 0.857 bits per heavy atom. The Morgan fingerprint density at radius 2 is 1.57 bits per heavy atom. The predicted molar refractivity (Wildman–Crippen MR) is 109 cm³/mol. The fourth-order valence-corrected chi connectivity index (χ4v) is 2.65. The van der Waals surface area contributed by atoms with Crippen LogP contribution < -0.4 is 26.0 Å². The quantitative estimate of drug-likeness (QED) is 0.494. The zero-order valence-electron chi connectivity index (χ0n) is 15.7. The molecule has 0 fully saturated rings. The summed E-state index contributed by atoms with van der Waals surface area (Å²) < 4.78 is 11.4. The van der Waals surface area contributed by atoms with Gasteiger partial charge >= 0.3 is 5.69 Å². The van der Waals surface area contributed by atoms with E-state index in [4.69, 9.17) is 9.47 Å². The van der Waals surface area contributed by atoms with Crippen LogP contribution in [0.2, 0.25) is 0 Å². The van der Waals surface area contributed by atoms with E-state index < -0.39 is 11.2 Å². The molecule has 3 rings (SSSR count). The number of para-hydroxylation sites is 1. The topological polar surface area (TPSA) is 96.2 Å². The highest BCUT2D eigenvalue weighted by Crippen LogP contribution is 2.23. The first kappa shape index (κ1) is 19.3. The van der Waals surface area contributed by atoms with Crippen molar-refractivity contribution < 1.29 is 9.47 Å². The molecule has 1 aromatic heterocycles. The van der Waals surface area contributed by atoms with E-state index in [1.807, 2.05) is 55.5 Å². The first-order valence-corrected chi connectivity index (χ1v) is 9.12. The largest absolute Gasteiger partial charge is 0.494 e. The van der Waals surface area contributed by atoms with Gasteiger partial charge in [-0.25, -0.2) is 4.79 Å². The molecule has 2 aromatic carbocycles. The SMILES string of the molecule is Cc1cc(OCCCCOc2ccccc2)ccc1Nc1cc(=O)[nH]c(=O)[nH]1. The van der Waals surface area contributed by atoms with Crippen molar-refractivity contribution in [3.8, 4) is 11.5 Å². The molecular weight excluding hydrogens is 358 g/mol. The second kappa shape index (κ2) is 9.45. The van der Waals surface area contributed by atoms with Gasteiger partial charge < -0.3 is 14.8 Å². The number of nitrogens with one attached hydrogen (secondary N) is 3. The minimum absolute atomic E-state index is 0.337. The second-order valence-corrected chi connectivity index (χ2v) is 6.32. The van der Waals surface area contributed by atoms with Crippen molar-refractivity contribution in [2.24, 2.45) is 0 Å². The van der Waals surface area contributed by atoms with Crippen molar-refractivity contribution in [2.45, 2.75) is 19.8 Å². The van der Waals surface area contributed by atoms with E-state index in [9.17, 15) is 9.59 Å². The standard InChI is InChI=1S/C21H23N3O4/c1-15-13-17(28-12-6-5-11-27-16-7-3-2-4-8-16)9-10-18(15)22-19-14-20(25)24-21(26)23-19/h2-4,7-10,13-14H,5-6,11-12H2,1H3,(H3,22,23,24,25,26). The van der Waals surface area contributed by atoms with Crippen LogP contribution in [0.25, 0.3) is 0 Å². The van der Waals surface area contributed by atoms with Gasteiger partial charge in [0.15, 0.2) is 0 Å². The molecule has 0 saturated carbocycles. The highest BCUT2D eigenvalue weighted by atomic mass is 16.5. The highest BCUT2D eigenvalue weighted by Gasteiger charge is 2.04. The highest BCUT2D eigenvalue weighted by molar-refractivity contribution is 5.61. The van der Waals surface area contributed by atoms with Crippen LogP contribution in [0.15, 0.2) is 64.2 Å². The average Bonchev–Trinajstić information content (AvgIpc) is 2.67. The zero-order chi connectivity index (χ0) is 19.8. The van der Waals surface area contributed by atoms with Crippen molar-refractivity contribution in [1.82, 2.24) is 9.97 Å². The van der Waals surface area contributed by atoms with E-state index >= 15 is 0 Å². The lowest BCUT2D eigenvalue weighted by atomic mass is 10.2. The molecule has 0 aliphatic rings. The Kier molecular flexibility index (Phi) is 6.51. The summed E-state index contributed by atoms with van der Waals surface area (Å²) in [5.41, 5.74) is 0.708. The number of rotatable bonds is 9. The average molecular weight is 381 g/mol. The minimum atomic E-state index is -0.552. The third-order valence-corrected chi connectivity index (χ3v) is 4.05. The summed E-state index contributed by atoms with van der Waals surface area (Å²) in [5, 5.41) is 3.03. The molecule has 7 heteroatoms. The van der Waals surface area contributed by atoms with E-state index in [0.29, 0.717) is 19.0 Å². The number of hydrogen-bond donors (Lipinski definition) is 3. The first-order valence-electron chi connectivity index (χ1n) is 9.12. The normalized spacial score (nSPS) is 10.5. The molecule has 0 atom stereocenters. The molecule has 0 aliphatic carbocycles. The Balaban J connectivity index is 1.45.